The van der Waals surface area contributed by atoms with E-state index in [1.54, 1.807) is 0 Å². The van der Waals surface area contributed by atoms with Crippen LogP contribution in [0.3, 0.4) is 0 Å². The Kier molecular flexibility index (Phi) is 31.9. The molecule has 0 spiro atoms. The van der Waals surface area contributed by atoms with Gasteiger partial charge in [-0.1, -0.05) is 149 Å². The lowest BCUT2D eigenvalue weighted by Crippen LogP contribution is -2.37. The maximum Gasteiger partial charge on any atom is 0.159 e. The molecule has 37 heavy (non-hydrogen) atoms. The molecule has 0 bridgehead atoms. The van der Waals surface area contributed by atoms with Crippen molar-refractivity contribution >= 4 is 0 Å². The maximum atomic E-state index is 6.36. The van der Waals surface area contributed by atoms with E-state index in [4.69, 9.17) is 15.2 Å². The normalized spacial score (nSPS) is 13.3. The topological polar surface area (TPSA) is 56.5 Å². The molecule has 0 aliphatic heterocycles. The van der Waals surface area contributed by atoms with Crippen LogP contribution >= 0.6 is 0 Å². The number of nitrogens with one attached hydrogen (secondary N) is 1. The van der Waals surface area contributed by atoms with Crippen molar-refractivity contribution in [1.82, 2.24) is 5.32 Å². The monoisotopic (exact) mass is 527 g/mol. The van der Waals surface area contributed by atoms with Gasteiger partial charge in [0, 0.05) is 6.61 Å². The summed E-state index contributed by atoms with van der Waals surface area (Å²) in [5, 5.41) is 3.51. The van der Waals surface area contributed by atoms with E-state index in [2.05, 4.69) is 26.1 Å². The molecule has 4 heteroatoms. The van der Waals surface area contributed by atoms with Gasteiger partial charge in [-0.15, -0.1) is 0 Å². The van der Waals surface area contributed by atoms with Crippen molar-refractivity contribution < 1.29 is 9.47 Å². The van der Waals surface area contributed by atoms with Crippen LogP contribution < -0.4 is 11.1 Å². The van der Waals surface area contributed by atoms with Crippen LogP contribution in [0.5, 0.6) is 0 Å². The summed E-state index contributed by atoms with van der Waals surface area (Å²) in [5.41, 5.74) is 5.66. The summed E-state index contributed by atoms with van der Waals surface area (Å²) in [6.07, 6.45) is 33.1. The second kappa shape index (κ2) is 32.1. The Labute approximate surface area is 234 Å². The molecule has 2 atom stereocenters. The summed E-state index contributed by atoms with van der Waals surface area (Å²) in [5.74, 6) is 0. The van der Waals surface area contributed by atoms with Gasteiger partial charge < -0.3 is 15.2 Å². The SMILES string of the molecule is CCCCCCCCCCCCCCC(OCCCCCCCCCCCC)OC(CC)NCCCN. The van der Waals surface area contributed by atoms with Crippen LogP contribution in [0.2, 0.25) is 0 Å². The van der Waals surface area contributed by atoms with Crippen LogP contribution in [0.4, 0.5) is 0 Å². The fourth-order valence-electron chi connectivity index (χ4n) is 4.98. The fourth-order valence-corrected chi connectivity index (χ4v) is 4.98. The van der Waals surface area contributed by atoms with E-state index < -0.39 is 0 Å². The summed E-state index contributed by atoms with van der Waals surface area (Å²) in [4.78, 5) is 0. The molecule has 0 radical (unpaired) electrons. The van der Waals surface area contributed by atoms with E-state index in [0.717, 1.165) is 45.4 Å². The first-order valence-electron chi connectivity index (χ1n) is 17.0. The first kappa shape index (κ1) is 36.8. The molecule has 0 aliphatic rings. The number of nitrogens with two attached hydrogens (primary N) is 1. The molecule has 3 N–H and O–H groups in total. The Morgan fingerprint density at radius 3 is 1.41 bits per heavy atom. The van der Waals surface area contributed by atoms with Gasteiger partial charge in [0.05, 0.1) is 0 Å². The molecule has 0 heterocycles. The van der Waals surface area contributed by atoms with Crippen LogP contribution in [0.25, 0.3) is 0 Å². The number of hydrogen-bond acceptors (Lipinski definition) is 4. The summed E-state index contributed by atoms with van der Waals surface area (Å²) >= 11 is 0. The van der Waals surface area contributed by atoms with E-state index in [0.29, 0.717) is 0 Å². The lowest BCUT2D eigenvalue weighted by Gasteiger charge is -2.25. The molecule has 0 fully saturated rings. The molecular formula is C33H70N2O2. The molecular weight excluding hydrogens is 456 g/mol. The molecule has 0 saturated heterocycles. The molecule has 2 unspecified atom stereocenters. The maximum absolute atomic E-state index is 6.36. The number of hydrogen-bond donors (Lipinski definition) is 2. The first-order chi connectivity index (χ1) is 18.3. The summed E-state index contributed by atoms with van der Waals surface area (Å²) in [7, 11) is 0. The number of ether oxygens (including phenoxy) is 2. The van der Waals surface area contributed by atoms with Gasteiger partial charge in [0.2, 0.25) is 0 Å². The van der Waals surface area contributed by atoms with Crippen LogP contribution in [0.1, 0.15) is 181 Å². The van der Waals surface area contributed by atoms with Gasteiger partial charge in [-0.3, -0.25) is 5.32 Å². The predicted molar refractivity (Wildman–Crippen MR) is 164 cm³/mol. The van der Waals surface area contributed by atoms with Gasteiger partial charge in [-0.05, 0) is 45.2 Å². The van der Waals surface area contributed by atoms with Crippen molar-refractivity contribution in [2.24, 2.45) is 5.73 Å². The molecule has 0 amide bonds. The first-order valence-corrected chi connectivity index (χ1v) is 17.0. The van der Waals surface area contributed by atoms with Crippen LogP contribution in [0.15, 0.2) is 0 Å². The minimum atomic E-state index is -0.0722. The second-order valence-electron chi connectivity index (χ2n) is 11.3. The van der Waals surface area contributed by atoms with E-state index in [1.807, 2.05) is 0 Å². The second-order valence-corrected chi connectivity index (χ2v) is 11.3. The molecule has 4 nitrogen and oxygen atoms in total. The summed E-state index contributed by atoms with van der Waals surface area (Å²) in [6.45, 7) is 9.24. The molecule has 0 aromatic carbocycles. The zero-order valence-corrected chi connectivity index (χ0v) is 25.8. The lowest BCUT2D eigenvalue weighted by molar-refractivity contribution is -0.182. The van der Waals surface area contributed by atoms with Gasteiger partial charge in [-0.25, -0.2) is 0 Å². The highest BCUT2D eigenvalue weighted by molar-refractivity contribution is 4.58. The Morgan fingerprint density at radius 2 is 0.973 bits per heavy atom. The third-order valence-corrected chi connectivity index (χ3v) is 7.53. The standard InChI is InChI=1S/C33H70N2O2/c1-4-7-9-11-13-15-17-18-19-21-23-25-28-33(37-32(6-3)35-30-27-29-34)36-31-26-24-22-20-16-14-12-10-8-5-2/h32-33,35H,4-31,34H2,1-3H3. The van der Waals surface area contributed by atoms with Crippen molar-refractivity contribution in [3.05, 3.63) is 0 Å². The third kappa shape index (κ3) is 28.7. The molecule has 0 aromatic heterocycles. The van der Waals surface area contributed by atoms with Crippen molar-refractivity contribution in [2.75, 3.05) is 19.7 Å². The van der Waals surface area contributed by atoms with Crippen LogP contribution in [-0.4, -0.2) is 32.2 Å². The highest BCUT2D eigenvalue weighted by atomic mass is 16.7. The van der Waals surface area contributed by atoms with Crippen molar-refractivity contribution in [3.63, 3.8) is 0 Å². The molecule has 224 valence electrons. The van der Waals surface area contributed by atoms with Crippen LogP contribution in [0, 0.1) is 0 Å². The zero-order chi connectivity index (χ0) is 27.1. The summed E-state index contributed by atoms with van der Waals surface area (Å²) in [6, 6.07) is 0. The highest BCUT2D eigenvalue weighted by Gasteiger charge is 2.15. The lowest BCUT2D eigenvalue weighted by atomic mass is 10.0. The van der Waals surface area contributed by atoms with E-state index >= 15 is 0 Å². The number of rotatable bonds is 32. The average Bonchev–Trinajstić information content (AvgIpc) is 2.91. The Morgan fingerprint density at radius 1 is 0.541 bits per heavy atom. The molecule has 0 rings (SSSR count). The largest absolute Gasteiger partial charge is 0.353 e. The minimum absolute atomic E-state index is 0.0709. The molecule has 0 aliphatic carbocycles. The van der Waals surface area contributed by atoms with Crippen molar-refractivity contribution in [2.45, 2.75) is 194 Å². The van der Waals surface area contributed by atoms with Gasteiger partial charge >= 0.3 is 0 Å². The quantitative estimate of drug-likeness (QED) is 0.0676. The third-order valence-electron chi connectivity index (χ3n) is 7.53. The van der Waals surface area contributed by atoms with Gasteiger partial charge in [-0.2, -0.15) is 0 Å². The Balaban J connectivity index is 3.99. The van der Waals surface area contributed by atoms with Gasteiger partial charge in [0.1, 0.15) is 6.23 Å². The Hall–Kier alpha value is -0.160. The fraction of sp³-hybridized carbons (Fsp3) is 1.00. The van der Waals surface area contributed by atoms with Gasteiger partial charge in [0.25, 0.3) is 0 Å². The van der Waals surface area contributed by atoms with Gasteiger partial charge in [0.15, 0.2) is 6.29 Å². The van der Waals surface area contributed by atoms with E-state index in [-0.39, 0.29) is 12.5 Å². The minimum Gasteiger partial charge on any atom is -0.353 e. The van der Waals surface area contributed by atoms with Crippen molar-refractivity contribution in [1.29, 1.82) is 0 Å². The predicted octanol–water partition coefficient (Wildman–Crippen LogP) is 10.0. The van der Waals surface area contributed by atoms with Crippen LogP contribution in [-0.2, 0) is 9.47 Å². The van der Waals surface area contributed by atoms with E-state index in [9.17, 15) is 0 Å². The highest BCUT2D eigenvalue weighted by Crippen LogP contribution is 2.16. The van der Waals surface area contributed by atoms with E-state index in [1.165, 1.54) is 135 Å². The number of unbranched alkanes of at least 4 members (excludes halogenated alkanes) is 20. The Bertz CT molecular complexity index is 408. The van der Waals surface area contributed by atoms with Crippen molar-refractivity contribution in [3.8, 4) is 0 Å². The average molecular weight is 527 g/mol. The smallest absolute Gasteiger partial charge is 0.159 e. The molecule has 0 saturated carbocycles. The molecule has 0 aromatic rings. The zero-order valence-electron chi connectivity index (χ0n) is 25.8. The summed E-state index contributed by atoms with van der Waals surface area (Å²) < 4.78 is 12.6.